The maximum absolute atomic E-state index is 11.9. The highest BCUT2D eigenvalue weighted by atomic mass is 19.1. The summed E-state index contributed by atoms with van der Waals surface area (Å²) in [5.74, 6) is -0.241. The van der Waals surface area contributed by atoms with E-state index in [2.05, 4.69) is 12.7 Å². The first-order chi connectivity index (χ1) is 3.31. The standard InChI is InChI=1S/C6H8F/c1-3-5-6(7)4-2/h3H,1,4H2,2H3. The second-order valence-electron chi connectivity index (χ2n) is 1.11. The normalized spacial score (nSPS) is 7.29. The lowest BCUT2D eigenvalue weighted by Gasteiger charge is -1.76. The van der Waals surface area contributed by atoms with Crippen molar-refractivity contribution in [2.75, 3.05) is 0 Å². The zero-order chi connectivity index (χ0) is 5.70. The molecule has 0 aliphatic carbocycles. The molecule has 0 fully saturated rings. The number of halogens is 1. The minimum absolute atomic E-state index is 0.241. The van der Waals surface area contributed by atoms with Gasteiger partial charge < -0.3 is 0 Å². The summed E-state index contributed by atoms with van der Waals surface area (Å²) < 4.78 is 11.9. The van der Waals surface area contributed by atoms with E-state index >= 15 is 0 Å². The summed E-state index contributed by atoms with van der Waals surface area (Å²) in [7, 11) is 0. The molecule has 0 unspecified atom stereocenters. The summed E-state index contributed by atoms with van der Waals surface area (Å²) in [6.45, 7) is 5.00. The van der Waals surface area contributed by atoms with Crippen molar-refractivity contribution in [3.63, 3.8) is 0 Å². The molecular weight excluding hydrogens is 91.1 g/mol. The summed E-state index contributed by atoms with van der Waals surface area (Å²) in [5, 5.41) is 0. The van der Waals surface area contributed by atoms with Crippen LogP contribution >= 0.6 is 0 Å². The molecule has 0 bridgehead atoms. The van der Waals surface area contributed by atoms with Crippen LogP contribution in [0.2, 0.25) is 0 Å². The molecule has 39 valence electrons. The van der Waals surface area contributed by atoms with Crippen LogP contribution in [-0.2, 0) is 0 Å². The van der Waals surface area contributed by atoms with E-state index in [0.717, 1.165) is 0 Å². The number of allylic oxidation sites excluding steroid dienone is 1. The van der Waals surface area contributed by atoms with Gasteiger partial charge in [0.15, 0.2) is 0 Å². The quantitative estimate of drug-likeness (QED) is 0.442. The van der Waals surface area contributed by atoms with Crippen LogP contribution in [0.5, 0.6) is 0 Å². The van der Waals surface area contributed by atoms with E-state index in [1.807, 2.05) is 0 Å². The minimum atomic E-state index is -0.241. The Labute approximate surface area is 43.4 Å². The summed E-state index contributed by atoms with van der Waals surface area (Å²) in [6.07, 6.45) is 1.73. The van der Waals surface area contributed by atoms with Crippen molar-refractivity contribution in [1.29, 1.82) is 0 Å². The van der Waals surface area contributed by atoms with Gasteiger partial charge in [-0.3, -0.25) is 0 Å². The van der Waals surface area contributed by atoms with Crippen LogP contribution in [0.25, 0.3) is 0 Å². The first-order valence-corrected chi connectivity index (χ1v) is 2.20. The highest BCUT2D eigenvalue weighted by molar-refractivity contribution is 4.92. The molecule has 0 spiro atoms. The van der Waals surface area contributed by atoms with Crippen molar-refractivity contribution >= 4 is 0 Å². The maximum atomic E-state index is 11.9. The molecule has 0 saturated carbocycles. The Kier molecular flexibility index (Phi) is 3.35. The van der Waals surface area contributed by atoms with E-state index in [-0.39, 0.29) is 5.83 Å². The van der Waals surface area contributed by atoms with E-state index in [1.54, 1.807) is 6.92 Å². The second-order valence-corrected chi connectivity index (χ2v) is 1.11. The molecule has 7 heavy (non-hydrogen) atoms. The predicted molar refractivity (Wildman–Crippen MR) is 28.4 cm³/mol. The molecule has 0 N–H and O–H groups in total. The van der Waals surface area contributed by atoms with Crippen molar-refractivity contribution in [2.45, 2.75) is 13.3 Å². The topological polar surface area (TPSA) is 0 Å². The molecule has 0 aromatic rings. The molecule has 0 aromatic carbocycles. The first kappa shape index (κ1) is 6.45. The van der Waals surface area contributed by atoms with Crippen molar-refractivity contribution in [2.24, 2.45) is 0 Å². The molecule has 0 heterocycles. The van der Waals surface area contributed by atoms with Gasteiger partial charge in [-0.2, -0.15) is 0 Å². The Hall–Kier alpha value is -0.550. The molecular formula is C6H8F. The van der Waals surface area contributed by atoms with Gasteiger partial charge in [0.1, 0.15) is 5.83 Å². The third-order valence-corrected chi connectivity index (χ3v) is 0.569. The molecule has 0 nitrogen and oxygen atoms in total. The van der Waals surface area contributed by atoms with Crippen LogP contribution in [-0.4, -0.2) is 0 Å². The molecule has 0 aliphatic heterocycles. The number of hydrogen-bond acceptors (Lipinski definition) is 0. The molecule has 1 heteroatoms. The highest BCUT2D eigenvalue weighted by Gasteiger charge is 1.79. The lowest BCUT2D eigenvalue weighted by molar-refractivity contribution is 0.607. The first-order valence-electron chi connectivity index (χ1n) is 2.20. The van der Waals surface area contributed by atoms with Crippen molar-refractivity contribution < 1.29 is 4.39 Å². The van der Waals surface area contributed by atoms with Crippen LogP contribution in [0, 0.1) is 6.92 Å². The number of hydrogen-bond donors (Lipinski definition) is 0. The fraction of sp³-hybridized carbons (Fsp3) is 0.333. The van der Waals surface area contributed by atoms with Crippen LogP contribution < -0.4 is 0 Å². The highest BCUT2D eigenvalue weighted by Crippen LogP contribution is 1.96. The smallest absolute Gasteiger partial charge is 0.141 e. The van der Waals surface area contributed by atoms with Crippen molar-refractivity contribution in [1.82, 2.24) is 0 Å². The summed E-state index contributed by atoms with van der Waals surface area (Å²) in [5.41, 5.74) is 2.31. The molecule has 0 rings (SSSR count). The van der Waals surface area contributed by atoms with Crippen LogP contribution in [0.4, 0.5) is 4.39 Å². The van der Waals surface area contributed by atoms with Gasteiger partial charge in [0.2, 0.25) is 0 Å². The summed E-state index contributed by atoms with van der Waals surface area (Å²) >= 11 is 0. The lowest BCUT2D eigenvalue weighted by atomic mass is 10.4. The van der Waals surface area contributed by atoms with E-state index in [0.29, 0.717) is 6.42 Å². The summed E-state index contributed by atoms with van der Waals surface area (Å²) in [6, 6.07) is 0. The van der Waals surface area contributed by atoms with Gasteiger partial charge in [-0.05, 0) is 13.0 Å². The molecule has 0 saturated heterocycles. The predicted octanol–water partition coefficient (Wildman–Crippen LogP) is 2.24. The zero-order valence-corrected chi connectivity index (χ0v) is 4.37. The van der Waals surface area contributed by atoms with Gasteiger partial charge in [0.25, 0.3) is 0 Å². The SMILES string of the molecule is [CH2]C=C=C(F)CC. The molecule has 0 amide bonds. The van der Waals surface area contributed by atoms with Crippen molar-refractivity contribution in [3.8, 4) is 0 Å². The van der Waals surface area contributed by atoms with Gasteiger partial charge in [0, 0.05) is 6.42 Å². The van der Waals surface area contributed by atoms with E-state index in [4.69, 9.17) is 0 Å². The molecule has 0 atom stereocenters. The Balaban J connectivity index is 3.74. The van der Waals surface area contributed by atoms with Crippen molar-refractivity contribution in [3.05, 3.63) is 24.6 Å². The van der Waals surface area contributed by atoms with E-state index < -0.39 is 0 Å². The second kappa shape index (κ2) is 3.63. The monoisotopic (exact) mass is 99.1 g/mol. The average molecular weight is 99.1 g/mol. The van der Waals surface area contributed by atoms with Gasteiger partial charge in [0.05, 0.1) is 0 Å². The molecule has 1 radical (unpaired) electrons. The van der Waals surface area contributed by atoms with Gasteiger partial charge >= 0.3 is 0 Å². The Morgan fingerprint density at radius 2 is 2.57 bits per heavy atom. The zero-order valence-electron chi connectivity index (χ0n) is 4.37. The van der Waals surface area contributed by atoms with Crippen LogP contribution in [0.15, 0.2) is 17.6 Å². The third-order valence-electron chi connectivity index (χ3n) is 0.569. The third kappa shape index (κ3) is 3.28. The van der Waals surface area contributed by atoms with E-state index in [1.165, 1.54) is 6.08 Å². The number of rotatable bonds is 1. The van der Waals surface area contributed by atoms with Gasteiger partial charge in [-0.25, -0.2) is 4.39 Å². The fourth-order valence-corrected chi connectivity index (χ4v) is 0.213. The maximum Gasteiger partial charge on any atom is 0.141 e. The van der Waals surface area contributed by atoms with Crippen LogP contribution in [0.1, 0.15) is 13.3 Å². The Morgan fingerprint density at radius 1 is 2.00 bits per heavy atom. The van der Waals surface area contributed by atoms with Crippen LogP contribution in [0.3, 0.4) is 0 Å². The minimum Gasteiger partial charge on any atom is -0.203 e. The molecule has 0 aliphatic rings. The fourth-order valence-electron chi connectivity index (χ4n) is 0.213. The van der Waals surface area contributed by atoms with Gasteiger partial charge in [-0.1, -0.05) is 12.7 Å². The molecule has 0 aromatic heterocycles. The van der Waals surface area contributed by atoms with E-state index in [9.17, 15) is 4.39 Å². The lowest BCUT2D eigenvalue weighted by Crippen LogP contribution is -1.59. The average Bonchev–Trinajstić information content (AvgIpc) is 1.68. The Morgan fingerprint density at radius 3 is 2.71 bits per heavy atom. The van der Waals surface area contributed by atoms with Gasteiger partial charge in [-0.15, -0.1) is 0 Å². The largest absolute Gasteiger partial charge is 0.203 e. The summed E-state index contributed by atoms with van der Waals surface area (Å²) in [4.78, 5) is 0. The Bertz CT molecular complexity index is 96.7.